The van der Waals surface area contributed by atoms with Crippen LogP contribution in [0.1, 0.15) is 29.5 Å². The summed E-state index contributed by atoms with van der Waals surface area (Å²) in [4.78, 5) is 13.7. The lowest BCUT2D eigenvalue weighted by Crippen LogP contribution is -2.19. The van der Waals surface area contributed by atoms with Gasteiger partial charge in [-0.25, -0.2) is 0 Å². The number of hydrogen-bond acceptors (Lipinski definition) is 1. The molecule has 5 rings (SSSR count). The van der Waals surface area contributed by atoms with E-state index in [1.54, 1.807) is 16.0 Å². The van der Waals surface area contributed by atoms with Crippen LogP contribution in [-0.2, 0) is 24.1 Å². The molecule has 1 aliphatic heterocycles. The fraction of sp³-hybridized carbons (Fsp3) is 0.222. The largest absolute Gasteiger partial charge is 0.288 e. The first-order chi connectivity index (χ1) is 14.3. The van der Waals surface area contributed by atoms with Crippen molar-refractivity contribution in [2.75, 3.05) is 4.90 Å². The van der Waals surface area contributed by atoms with Crippen molar-refractivity contribution in [3.05, 3.63) is 102 Å². The van der Waals surface area contributed by atoms with Crippen molar-refractivity contribution >= 4 is 11.6 Å². The summed E-state index contributed by atoms with van der Waals surface area (Å²) in [6.45, 7) is 0. The van der Waals surface area contributed by atoms with Crippen LogP contribution in [-0.4, -0.2) is 5.91 Å². The fourth-order valence-corrected chi connectivity index (χ4v) is 4.59. The zero-order valence-corrected chi connectivity index (χ0v) is 16.6. The molecule has 0 atom stereocenters. The van der Waals surface area contributed by atoms with Crippen LogP contribution < -0.4 is 4.90 Å². The van der Waals surface area contributed by atoms with Gasteiger partial charge in [0.05, 0.1) is 0 Å². The summed E-state index contributed by atoms with van der Waals surface area (Å²) in [7, 11) is 0. The van der Waals surface area contributed by atoms with Crippen molar-refractivity contribution in [2.45, 2.75) is 32.1 Å². The highest BCUT2D eigenvalue weighted by Gasteiger charge is 2.20. The highest BCUT2D eigenvalue weighted by Crippen LogP contribution is 2.30. The molecule has 0 saturated carbocycles. The number of benzene rings is 3. The summed E-state index contributed by atoms with van der Waals surface area (Å²) in [5.41, 5.74) is 7.76. The lowest BCUT2D eigenvalue weighted by Gasteiger charge is -2.15. The average molecular weight is 380 g/mol. The lowest BCUT2D eigenvalue weighted by molar-refractivity contribution is -0.116. The minimum atomic E-state index is 0.131. The van der Waals surface area contributed by atoms with Gasteiger partial charge in [0.1, 0.15) is 0 Å². The van der Waals surface area contributed by atoms with Crippen LogP contribution in [0.3, 0.4) is 0 Å². The number of nitrogens with zero attached hydrogens (tertiary/aromatic N) is 1. The Hall–Kier alpha value is -3.13. The molecular formula is C27H25NO. The third-order valence-electron chi connectivity index (χ3n) is 6.20. The molecule has 0 spiro atoms. The van der Waals surface area contributed by atoms with E-state index in [2.05, 4.69) is 60.7 Å². The van der Waals surface area contributed by atoms with Gasteiger partial charge in [-0.05, 0) is 71.6 Å². The summed E-state index contributed by atoms with van der Waals surface area (Å²) in [5.74, 6) is 0.904. The minimum Gasteiger partial charge on any atom is -0.288 e. The molecule has 1 heterocycles. The Bertz CT molecular complexity index is 1040. The monoisotopic (exact) mass is 379 g/mol. The molecule has 0 saturated heterocycles. The maximum Gasteiger partial charge on any atom is 0.234 e. The van der Waals surface area contributed by atoms with Crippen LogP contribution in [0, 0.1) is 5.92 Å². The van der Waals surface area contributed by atoms with E-state index < -0.39 is 0 Å². The molecule has 0 unspecified atom stereocenters. The van der Waals surface area contributed by atoms with Crippen molar-refractivity contribution in [1.29, 1.82) is 0 Å². The standard InChI is InChI=1S/C27H25NO/c29-27-9-4-16-28(27)26-8-3-7-25(19-26)22-14-12-20(13-15-22)10-11-21-17-23-5-1-2-6-24(23)18-21/h1-8,12-16,19,21H,9-11,17-18H2. The zero-order valence-electron chi connectivity index (χ0n) is 16.6. The van der Waals surface area contributed by atoms with Gasteiger partial charge in [-0.15, -0.1) is 0 Å². The first kappa shape index (κ1) is 17.9. The molecule has 0 bridgehead atoms. The lowest BCUT2D eigenvalue weighted by atomic mass is 9.95. The van der Waals surface area contributed by atoms with Crippen LogP contribution in [0.15, 0.2) is 85.1 Å². The van der Waals surface area contributed by atoms with Gasteiger partial charge >= 0.3 is 0 Å². The Kier molecular flexibility index (Phi) is 4.77. The number of amides is 1. The van der Waals surface area contributed by atoms with Gasteiger partial charge in [-0.1, -0.05) is 66.7 Å². The van der Waals surface area contributed by atoms with Crippen molar-refractivity contribution in [2.24, 2.45) is 5.92 Å². The van der Waals surface area contributed by atoms with Gasteiger partial charge in [0, 0.05) is 18.3 Å². The Balaban J connectivity index is 1.24. The van der Waals surface area contributed by atoms with Crippen LogP contribution in [0.25, 0.3) is 11.1 Å². The molecule has 0 aromatic heterocycles. The molecule has 2 nitrogen and oxygen atoms in total. The number of aryl methyl sites for hydroxylation is 1. The molecule has 1 amide bonds. The number of carbonyl (C=O) groups is 1. The fourth-order valence-electron chi connectivity index (χ4n) is 4.59. The van der Waals surface area contributed by atoms with Crippen LogP contribution in [0.2, 0.25) is 0 Å². The Morgan fingerprint density at radius 2 is 1.59 bits per heavy atom. The predicted octanol–water partition coefficient (Wildman–Crippen LogP) is 5.95. The molecule has 0 N–H and O–H groups in total. The van der Waals surface area contributed by atoms with Crippen LogP contribution in [0.4, 0.5) is 5.69 Å². The number of rotatable bonds is 5. The van der Waals surface area contributed by atoms with Crippen molar-refractivity contribution in [3.63, 3.8) is 0 Å². The second-order valence-electron chi connectivity index (χ2n) is 8.18. The zero-order chi connectivity index (χ0) is 19.6. The topological polar surface area (TPSA) is 20.3 Å². The number of carbonyl (C=O) groups excluding carboxylic acids is 1. The highest BCUT2D eigenvalue weighted by molar-refractivity contribution is 5.99. The smallest absolute Gasteiger partial charge is 0.234 e. The maximum absolute atomic E-state index is 12.0. The first-order valence-corrected chi connectivity index (χ1v) is 10.5. The Morgan fingerprint density at radius 3 is 2.28 bits per heavy atom. The van der Waals surface area contributed by atoms with E-state index in [9.17, 15) is 4.79 Å². The predicted molar refractivity (Wildman–Crippen MR) is 119 cm³/mol. The van der Waals surface area contributed by atoms with Gasteiger partial charge in [-0.3, -0.25) is 9.69 Å². The molecule has 1 aliphatic carbocycles. The molecular weight excluding hydrogens is 354 g/mol. The van der Waals surface area contributed by atoms with Gasteiger partial charge in [0.2, 0.25) is 5.91 Å². The van der Waals surface area contributed by atoms with E-state index in [4.69, 9.17) is 0 Å². The van der Waals surface area contributed by atoms with Gasteiger partial charge in [0.25, 0.3) is 0 Å². The van der Waals surface area contributed by atoms with Gasteiger partial charge in [-0.2, -0.15) is 0 Å². The first-order valence-electron chi connectivity index (χ1n) is 10.5. The summed E-state index contributed by atoms with van der Waals surface area (Å²) < 4.78 is 0. The van der Waals surface area contributed by atoms with Gasteiger partial charge < -0.3 is 0 Å². The molecule has 2 heteroatoms. The van der Waals surface area contributed by atoms with Crippen LogP contribution in [0.5, 0.6) is 0 Å². The molecule has 144 valence electrons. The molecule has 3 aromatic rings. The highest BCUT2D eigenvalue weighted by atomic mass is 16.2. The second kappa shape index (κ2) is 7.71. The number of hydrogen-bond donors (Lipinski definition) is 0. The molecule has 0 fully saturated rings. The molecule has 0 radical (unpaired) electrons. The SMILES string of the molecule is O=C1CC=CN1c1cccc(-c2ccc(CCC3Cc4ccccc4C3)cc2)c1. The number of fused-ring (bicyclic) bond motifs is 1. The molecule has 3 aromatic carbocycles. The van der Waals surface area contributed by atoms with E-state index in [0.29, 0.717) is 6.42 Å². The average Bonchev–Trinajstić information content (AvgIpc) is 3.38. The third kappa shape index (κ3) is 3.75. The van der Waals surface area contributed by atoms with E-state index in [1.807, 2.05) is 24.4 Å². The minimum absolute atomic E-state index is 0.131. The van der Waals surface area contributed by atoms with Gasteiger partial charge in [0.15, 0.2) is 0 Å². The second-order valence-corrected chi connectivity index (χ2v) is 8.18. The number of anilines is 1. The van der Waals surface area contributed by atoms with E-state index >= 15 is 0 Å². The summed E-state index contributed by atoms with van der Waals surface area (Å²) in [5, 5.41) is 0. The summed E-state index contributed by atoms with van der Waals surface area (Å²) >= 11 is 0. The normalized spacial score (nSPS) is 15.9. The van der Waals surface area contributed by atoms with Crippen LogP contribution >= 0.6 is 0 Å². The quantitative estimate of drug-likeness (QED) is 0.536. The van der Waals surface area contributed by atoms with Crippen molar-refractivity contribution < 1.29 is 4.79 Å². The Labute approximate surface area is 172 Å². The summed E-state index contributed by atoms with van der Waals surface area (Å²) in [6, 6.07) is 26.0. The van der Waals surface area contributed by atoms with E-state index in [1.165, 1.54) is 30.4 Å². The third-order valence-corrected chi connectivity index (χ3v) is 6.20. The molecule has 29 heavy (non-hydrogen) atoms. The van der Waals surface area contributed by atoms with E-state index in [-0.39, 0.29) is 5.91 Å². The maximum atomic E-state index is 12.0. The van der Waals surface area contributed by atoms with E-state index in [0.717, 1.165) is 23.6 Å². The van der Waals surface area contributed by atoms with Crippen molar-refractivity contribution in [3.8, 4) is 11.1 Å². The molecule has 2 aliphatic rings. The summed E-state index contributed by atoms with van der Waals surface area (Å²) in [6.07, 6.45) is 9.10. The van der Waals surface area contributed by atoms with Crippen molar-refractivity contribution in [1.82, 2.24) is 0 Å². The Morgan fingerprint density at radius 1 is 0.828 bits per heavy atom.